The molecule has 0 radical (unpaired) electrons. The van der Waals surface area contributed by atoms with Gasteiger partial charge in [0, 0.05) is 20.2 Å². The molecule has 0 saturated heterocycles. The maximum absolute atomic E-state index is 11.1. The molecule has 0 atom stereocenters. The monoisotopic (exact) mass is 374 g/mol. The van der Waals surface area contributed by atoms with Crippen molar-refractivity contribution in [1.82, 2.24) is 0 Å². The fourth-order valence-electron chi connectivity index (χ4n) is 2.01. The van der Waals surface area contributed by atoms with Crippen molar-refractivity contribution >= 4 is 32.8 Å². The molecule has 3 aromatic rings. The zero-order valence-electron chi connectivity index (χ0n) is 13.1. The van der Waals surface area contributed by atoms with Gasteiger partial charge in [0.05, 0.1) is 11.1 Å². The van der Waals surface area contributed by atoms with Crippen LogP contribution in [0.1, 0.15) is 15.3 Å². The van der Waals surface area contributed by atoms with Gasteiger partial charge in [-0.1, -0.05) is 11.8 Å². The summed E-state index contributed by atoms with van der Waals surface area (Å²) in [6, 6.07) is 15.0. The highest BCUT2D eigenvalue weighted by Gasteiger charge is 2.04. The average Bonchev–Trinajstić information content (AvgIpc) is 3.14. The third-order valence-electron chi connectivity index (χ3n) is 3.02. The first kappa shape index (κ1) is 16.8. The first-order chi connectivity index (χ1) is 11.4. The zero-order chi connectivity index (χ0) is 17.2. The molecule has 0 aliphatic rings. The SMILES string of the molecule is Cc1ccc(-c2ccc(C#Cc3ccc(OS(C)(=O)=O)cc3)s2)s1. The minimum absolute atomic E-state index is 0.287. The van der Waals surface area contributed by atoms with E-state index in [0.29, 0.717) is 0 Å². The molecule has 3 nitrogen and oxygen atoms in total. The number of thiophene rings is 2. The molecular weight excluding hydrogens is 360 g/mol. The van der Waals surface area contributed by atoms with Gasteiger partial charge in [-0.25, -0.2) is 0 Å². The summed E-state index contributed by atoms with van der Waals surface area (Å²) in [6.07, 6.45) is 1.02. The molecule has 0 spiro atoms. The van der Waals surface area contributed by atoms with Crippen LogP contribution in [-0.2, 0) is 10.1 Å². The molecule has 3 rings (SSSR count). The van der Waals surface area contributed by atoms with Crippen molar-refractivity contribution in [3.63, 3.8) is 0 Å². The molecule has 0 N–H and O–H groups in total. The van der Waals surface area contributed by atoms with E-state index in [-0.39, 0.29) is 5.75 Å². The predicted octanol–water partition coefficient (Wildman–Crippen LogP) is 4.52. The lowest BCUT2D eigenvalue weighted by Crippen LogP contribution is -2.05. The first-order valence-electron chi connectivity index (χ1n) is 7.07. The molecule has 2 aromatic heterocycles. The number of benzene rings is 1. The van der Waals surface area contributed by atoms with E-state index in [9.17, 15) is 8.42 Å². The van der Waals surface area contributed by atoms with Gasteiger partial charge < -0.3 is 4.18 Å². The molecular formula is C18H14O3S3. The number of aryl methyl sites for hydroxylation is 1. The molecule has 0 bridgehead atoms. The molecule has 6 heteroatoms. The quantitative estimate of drug-likeness (QED) is 0.500. The Kier molecular flexibility index (Phi) is 4.76. The number of rotatable bonds is 3. The summed E-state index contributed by atoms with van der Waals surface area (Å²) in [7, 11) is -3.50. The summed E-state index contributed by atoms with van der Waals surface area (Å²) >= 11 is 3.44. The van der Waals surface area contributed by atoms with E-state index in [1.165, 1.54) is 14.6 Å². The lowest BCUT2D eigenvalue weighted by molar-refractivity contribution is 0.493. The van der Waals surface area contributed by atoms with Crippen LogP contribution in [-0.4, -0.2) is 14.7 Å². The van der Waals surface area contributed by atoms with Crippen molar-refractivity contribution in [3.05, 3.63) is 63.8 Å². The van der Waals surface area contributed by atoms with Gasteiger partial charge in [0.2, 0.25) is 0 Å². The van der Waals surface area contributed by atoms with Crippen LogP contribution in [0.3, 0.4) is 0 Å². The summed E-state index contributed by atoms with van der Waals surface area (Å²) in [5, 5.41) is 0. The van der Waals surface area contributed by atoms with Gasteiger partial charge in [-0.3, -0.25) is 0 Å². The second-order valence-corrected chi connectivity index (χ2v) is 9.08. The summed E-state index contributed by atoms with van der Waals surface area (Å²) in [4.78, 5) is 4.76. The lowest BCUT2D eigenvalue weighted by atomic mass is 10.2. The van der Waals surface area contributed by atoms with Crippen LogP contribution in [0.25, 0.3) is 9.75 Å². The molecule has 24 heavy (non-hydrogen) atoms. The van der Waals surface area contributed by atoms with Gasteiger partial charge in [-0.05, 0) is 55.5 Å². The highest BCUT2D eigenvalue weighted by atomic mass is 32.2. The Morgan fingerprint density at radius 2 is 1.54 bits per heavy atom. The number of hydrogen-bond acceptors (Lipinski definition) is 5. The van der Waals surface area contributed by atoms with E-state index in [1.807, 2.05) is 6.07 Å². The summed E-state index contributed by atoms with van der Waals surface area (Å²) < 4.78 is 26.9. The second kappa shape index (κ2) is 6.81. The van der Waals surface area contributed by atoms with Crippen LogP contribution in [0.2, 0.25) is 0 Å². The van der Waals surface area contributed by atoms with Crippen LogP contribution in [0.5, 0.6) is 5.75 Å². The third-order valence-corrected chi connectivity index (χ3v) is 5.71. The second-order valence-electron chi connectivity index (χ2n) is 5.14. The summed E-state index contributed by atoms with van der Waals surface area (Å²) in [5.41, 5.74) is 0.803. The van der Waals surface area contributed by atoms with Gasteiger partial charge >= 0.3 is 10.1 Å². The van der Waals surface area contributed by atoms with Crippen molar-refractivity contribution in [2.45, 2.75) is 6.92 Å². The highest BCUT2D eigenvalue weighted by Crippen LogP contribution is 2.33. The zero-order valence-corrected chi connectivity index (χ0v) is 15.5. The minimum atomic E-state index is -3.50. The topological polar surface area (TPSA) is 43.4 Å². The van der Waals surface area contributed by atoms with Crippen molar-refractivity contribution < 1.29 is 12.6 Å². The third kappa shape index (κ3) is 4.48. The van der Waals surface area contributed by atoms with Gasteiger partial charge in [-0.15, -0.1) is 22.7 Å². The fraction of sp³-hybridized carbons (Fsp3) is 0.111. The van der Waals surface area contributed by atoms with Gasteiger partial charge in [0.25, 0.3) is 0 Å². The van der Waals surface area contributed by atoms with E-state index >= 15 is 0 Å². The Morgan fingerprint density at radius 3 is 2.17 bits per heavy atom. The van der Waals surface area contributed by atoms with Gasteiger partial charge in [-0.2, -0.15) is 8.42 Å². The molecule has 0 unspecified atom stereocenters. The van der Waals surface area contributed by atoms with E-state index in [0.717, 1.165) is 16.7 Å². The normalized spacial score (nSPS) is 10.9. The van der Waals surface area contributed by atoms with Crippen LogP contribution in [0, 0.1) is 18.8 Å². The Bertz CT molecular complexity index is 1010. The van der Waals surface area contributed by atoms with Crippen molar-refractivity contribution in [3.8, 4) is 27.3 Å². The van der Waals surface area contributed by atoms with Gasteiger partial charge in [0.1, 0.15) is 5.75 Å². The molecule has 0 aliphatic heterocycles. The standard InChI is InChI=1S/C18H14O3S3/c1-13-3-11-17(22-13)18-12-10-16(23-18)9-6-14-4-7-15(8-5-14)21-24(2,19)20/h3-5,7-8,10-12H,1-2H3. The van der Waals surface area contributed by atoms with Crippen molar-refractivity contribution in [2.75, 3.05) is 6.26 Å². The summed E-state index contributed by atoms with van der Waals surface area (Å²) in [5.74, 6) is 6.51. The molecule has 0 amide bonds. The van der Waals surface area contributed by atoms with Crippen LogP contribution < -0.4 is 4.18 Å². The molecule has 0 saturated carbocycles. The maximum Gasteiger partial charge on any atom is 0.306 e. The summed E-state index contributed by atoms with van der Waals surface area (Å²) in [6.45, 7) is 2.10. The number of hydrogen-bond donors (Lipinski definition) is 0. The Morgan fingerprint density at radius 1 is 0.875 bits per heavy atom. The van der Waals surface area contributed by atoms with Crippen LogP contribution in [0.15, 0.2) is 48.5 Å². The maximum atomic E-state index is 11.1. The highest BCUT2D eigenvalue weighted by molar-refractivity contribution is 7.86. The van der Waals surface area contributed by atoms with Crippen molar-refractivity contribution in [1.29, 1.82) is 0 Å². The smallest absolute Gasteiger partial charge is 0.306 e. The molecule has 1 aromatic carbocycles. The van der Waals surface area contributed by atoms with Crippen LogP contribution in [0.4, 0.5) is 0 Å². The Hall–Kier alpha value is -2.07. The Labute approximate surface area is 149 Å². The van der Waals surface area contributed by atoms with Crippen molar-refractivity contribution in [2.24, 2.45) is 0 Å². The predicted molar refractivity (Wildman–Crippen MR) is 100 cm³/mol. The average molecular weight is 375 g/mol. The van der Waals surface area contributed by atoms with Gasteiger partial charge in [0.15, 0.2) is 0 Å². The lowest BCUT2D eigenvalue weighted by Gasteiger charge is -2.01. The molecule has 2 heterocycles. The van der Waals surface area contributed by atoms with E-state index in [1.54, 1.807) is 46.9 Å². The van der Waals surface area contributed by atoms with E-state index < -0.39 is 10.1 Å². The fourth-order valence-corrected chi connectivity index (χ4v) is 4.28. The van der Waals surface area contributed by atoms with E-state index in [2.05, 4.69) is 37.0 Å². The van der Waals surface area contributed by atoms with Crippen LogP contribution >= 0.6 is 22.7 Å². The first-order valence-corrected chi connectivity index (χ1v) is 10.5. The largest absolute Gasteiger partial charge is 0.383 e. The molecule has 122 valence electrons. The molecule has 0 fully saturated rings. The molecule has 0 aliphatic carbocycles. The minimum Gasteiger partial charge on any atom is -0.383 e. The Balaban J connectivity index is 1.74. The van der Waals surface area contributed by atoms with E-state index in [4.69, 9.17) is 4.18 Å².